The minimum absolute atomic E-state index is 0.0633. The molecule has 0 aromatic heterocycles. The third kappa shape index (κ3) is 2.08. The van der Waals surface area contributed by atoms with Crippen LogP contribution in [0.2, 0.25) is 0 Å². The Morgan fingerprint density at radius 3 is 2.50 bits per heavy atom. The van der Waals surface area contributed by atoms with Crippen molar-refractivity contribution < 1.29 is 19.1 Å². The second-order valence-corrected chi connectivity index (χ2v) is 6.70. The Balaban J connectivity index is 1.36. The molecule has 3 fully saturated rings. The fraction of sp³-hybridized carbons (Fsp3) is 0.688. The molecular weight excluding hydrogens is 284 g/mol. The van der Waals surface area contributed by atoms with Gasteiger partial charge in [-0.15, -0.1) is 0 Å². The fourth-order valence-electron chi connectivity index (χ4n) is 4.35. The minimum Gasteiger partial charge on any atom is -0.376 e. The molecule has 0 aromatic rings. The Labute approximate surface area is 128 Å². The van der Waals surface area contributed by atoms with Crippen molar-refractivity contribution >= 4 is 17.7 Å². The van der Waals surface area contributed by atoms with Crippen LogP contribution in [-0.2, 0) is 19.1 Å². The summed E-state index contributed by atoms with van der Waals surface area (Å²) in [4.78, 5) is 38.1. The third-order valence-corrected chi connectivity index (χ3v) is 5.41. The minimum atomic E-state index is -0.280. The highest BCUT2D eigenvalue weighted by Crippen LogP contribution is 2.52. The maximum Gasteiger partial charge on any atom is 0.240 e. The average molecular weight is 304 g/mol. The summed E-state index contributed by atoms with van der Waals surface area (Å²) in [7, 11) is 0. The normalized spacial score (nSPS) is 38.9. The summed E-state index contributed by atoms with van der Waals surface area (Å²) in [6.45, 7) is 1.04. The van der Waals surface area contributed by atoms with Crippen molar-refractivity contribution in [3.8, 4) is 0 Å². The molecule has 22 heavy (non-hydrogen) atoms. The van der Waals surface area contributed by atoms with Gasteiger partial charge in [-0.2, -0.15) is 0 Å². The van der Waals surface area contributed by atoms with Gasteiger partial charge in [-0.05, 0) is 31.1 Å². The van der Waals surface area contributed by atoms with Gasteiger partial charge in [0.25, 0.3) is 0 Å². The number of amides is 3. The Kier molecular flexibility index (Phi) is 3.29. The van der Waals surface area contributed by atoms with E-state index in [1.807, 2.05) is 0 Å². The van der Waals surface area contributed by atoms with Gasteiger partial charge in [-0.25, -0.2) is 0 Å². The van der Waals surface area contributed by atoms with Crippen molar-refractivity contribution in [2.75, 3.05) is 19.7 Å². The second kappa shape index (κ2) is 5.19. The van der Waals surface area contributed by atoms with Gasteiger partial charge < -0.3 is 10.1 Å². The molecule has 2 aliphatic carbocycles. The predicted octanol–water partition coefficient (Wildman–Crippen LogP) is 0.0887. The van der Waals surface area contributed by atoms with Crippen LogP contribution in [0.15, 0.2) is 12.2 Å². The lowest BCUT2D eigenvalue weighted by molar-refractivity contribution is -0.144. The highest BCUT2D eigenvalue weighted by atomic mass is 16.5. The van der Waals surface area contributed by atoms with Crippen LogP contribution < -0.4 is 5.32 Å². The Morgan fingerprint density at radius 2 is 1.91 bits per heavy atom. The Bertz CT molecular complexity index is 522. The molecule has 4 aliphatic rings. The van der Waals surface area contributed by atoms with Crippen molar-refractivity contribution in [2.24, 2.45) is 23.7 Å². The topological polar surface area (TPSA) is 75.7 Å². The SMILES string of the molecule is O=C(CN1C(=O)[C@@H]2[C@H](C1=O)[C@H]1C=C[C@H]2C1)NC[C@H]1CCCO1. The molecular formula is C16H20N2O4. The first kappa shape index (κ1) is 13.9. The number of nitrogens with one attached hydrogen (secondary N) is 1. The van der Waals surface area contributed by atoms with Gasteiger partial charge in [0, 0.05) is 13.2 Å². The monoisotopic (exact) mass is 304 g/mol. The molecule has 118 valence electrons. The predicted molar refractivity (Wildman–Crippen MR) is 76.4 cm³/mol. The lowest BCUT2D eigenvalue weighted by atomic mass is 9.85. The number of ether oxygens (including phenoxy) is 1. The Morgan fingerprint density at radius 1 is 1.23 bits per heavy atom. The van der Waals surface area contributed by atoms with E-state index < -0.39 is 0 Å². The molecule has 1 N–H and O–H groups in total. The zero-order valence-corrected chi connectivity index (χ0v) is 12.4. The average Bonchev–Trinajstić information content (AvgIpc) is 3.26. The summed E-state index contributed by atoms with van der Waals surface area (Å²) in [6.07, 6.45) is 7.04. The summed E-state index contributed by atoms with van der Waals surface area (Å²) in [5.41, 5.74) is 0. The van der Waals surface area contributed by atoms with Crippen LogP contribution in [0.3, 0.4) is 0 Å². The first-order valence-electron chi connectivity index (χ1n) is 8.07. The Hall–Kier alpha value is -1.69. The van der Waals surface area contributed by atoms with E-state index in [1.165, 1.54) is 0 Å². The van der Waals surface area contributed by atoms with Gasteiger partial charge in [0.05, 0.1) is 17.9 Å². The van der Waals surface area contributed by atoms with Crippen molar-refractivity contribution in [1.82, 2.24) is 10.2 Å². The molecule has 1 saturated carbocycles. The van der Waals surface area contributed by atoms with Crippen LogP contribution in [0.4, 0.5) is 0 Å². The van der Waals surface area contributed by atoms with E-state index in [2.05, 4.69) is 17.5 Å². The standard InChI is InChI=1S/C16H20N2O4/c19-12(17-7-11-2-1-5-22-11)8-18-15(20)13-9-3-4-10(6-9)14(13)16(18)21/h3-4,9-11,13-14H,1-2,5-8H2,(H,17,19)/t9-,10-,11+,13-,14+/m0/s1. The molecule has 0 aromatic carbocycles. The number of carbonyl (C=O) groups is 3. The first-order chi connectivity index (χ1) is 10.6. The third-order valence-electron chi connectivity index (χ3n) is 5.41. The molecule has 5 atom stereocenters. The zero-order valence-electron chi connectivity index (χ0n) is 12.4. The smallest absolute Gasteiger partial charge is 0.240 e. The first-order valence-corrected chi connectivity index (χ1v) is 8.07. The summed E-state index contributed by atoms with van der Waals surface area (Å²) in [5.74, 6) is -0.699. The highest BCUT2D eigenvalue weighted by Gasteiger charge is 2.59. The van der Waals surface area contributed by atoms with E-state index >= 15 is 0 Å². The number of carbonyl (C=O) groups excluding carboxylic acids is 3. The quantitative estimate of drug-likeness (QED) is 0.590. The van der Waals surface area contributed by atoms with E-state index in [-0.39, 0.29) is 54.0 Å². The van der Waals surface area contributed by atoms with Crippen molar-refractivity contribution in [3.63, 3.8) is 0 Å². The van der Waals surface area contributed by atoms with Gasteiger partial charge in [-0.1, -0.05) is 12.2 Å². The molecule has 6 nitrogen and oxygen atoms in total. The summed E-state index contributed by atoms with van der Waals surface area (Å²) in [5, 5.41) is 2.77. The molecule has 2 bridgehead atoms. The van der Waals surface area contributed by atoms with Crippen molar-refractivity contribution in [3.05, 3.63) is 12.2 Å². The van der Waals surface area contributed by atoms with Crippen LogP contribution in [-0.4, -0.2) is 48.4 Å². The van der Waals surface area contributed by atoms with Crippen LogP contribution in [0.1, 0.15) is 19.3 Å². The number of likely N-dealkylation sites (tertiary alicyclic amines) is 1. The zero-order chi connectivity index (χ0) is 15.3. The molecule has 0 spiro atoms. The van der Waals surface area contributed by atoms with Gasteiger partial charge >= 0.3 is 0 Å². The van der Waals surface area contributed by atoms with E-state index in [0.29, 0.717) is 6.54 Å². The molecule has 2 aliphatic heterocycles. The lowest BCUT2D eigenvalue weighted by Crippen LogP contribution is -2.43. The van der Waals surface area contributed by atoms with Gasteiger partial charge in [0.1, 0.15) is 6.54 Å². The van der Waals surface area contributed by atoms with Crippen molar-refractivity contribution in [1.29, 1.82) is 0 Å². The van der Waals surface area contributed by atoms with Gasteiger partial charge in [-0.3, -0.25) is 19.3 Å². The number of allylic oxidation sites excluding steroid dienone is 2. The fourth-order valence-corrected chi connectivity index (χ4v) is 4.35. The molecule has 0 radical (unpaired) electrons. The number of imide groups is 1. The van der Waals surface area contributed by atoms with E-state index in [1.54, 1.807) is 0 Å². The maximum absolute atomic E-state index is 12.4. The van der Waals surface area contributed by atoms with E-state index in [9.17, 15) is 14.4 Å². The van der Waals surface area contributed by atoms with Crippen molar-refractivity contribution in [2.45, 2.75) is 25.4 Å². The van der Waals surface area contributed by atoms with Crippen LogP contribution in [0, 0.1) is 23.7 Å². The highest BCUT2D eigenvalue weighted by molar-refractivity contribution is 6.08. The largest absolute Gasteiger partial charge is 0.376 e. The number of fused-ring (bicyclic) bond motifs is 5. The number of nitrogens with zero attached hydrogens (tertiary/aromatic N) is 1. The summed E-state index contributed by atoms with van der Waals surface area (Å²) in [6, 6.07) is 0. The summed E-state index contributed by atoms with van der Waals surface area (Å²) >= 11 is 0. The van der Waals surface area contributed by atoms with Crippen LogP contribution >= 0.6 is 0 Å². The van der Waals surface area contributed by atoms with Crippen LogP contribution in [0.5, 0.6) is 0 Å². The molecule has 3 amide bonds. The van der Waals surface area contributed by atoms with Gasteiger partial charge in [0.15, 0.2) is 0 Å². The second-order valence-electron chi connectivity index (χ2n) is 6.70. The van der Waals surface area contributed by atoms with Crippen LogP contribution in [0.25, 0.3) is 0 Å². The lowest BCUT2D eigenvalue weighted by Gasteiger charge is -2.17. The van der Waals surface area contributed by atoms with E-state index in [0.717, 1.165) is 30.8 Å². The molecule has 2 saturated heterocycles. The summed E-state index contributed by atoms with van der Waals surface area (Å²) < 4.78 is 5.44. The number of hydrogen-bond donors (Lipinski definition) is 1. The molecule has 0 unspecified atom stereocenters. The number of rotatable bonds is 4. The number of hydrogen-bond acceptors (Lipinski definition) is 4. The molecule has 2 heterocycles. The van der Waals surface area contributed by atoms with Gasteiger partial charge in [0.2, 0.25) is 17.7 Å². The maximum atomic E-state index is 12.4. The van der Waals surface area contributed by atoms with E-state index in [4.69, 9.17) is 4.74 Å². The molecule has 4 rings (SSSR count). The molecule has 6 heteroatoms.